The Morgan fingerprint density at radius 3 is 2.38 bits per heavy atom. The van der Waals surface area contributed by atoms with Crippen LogP contribution in [0.3, 0.4) is 0 Å². The molecule has 2 aliphatic carbocycles. The largest absolute Gasteiger partial charge is 0.314 e. The van der Waals surface area contributed by atoms with Crippen LogP contribution in [0.1, 0.15) is 78.1 Å². The van der Waals surface area contributed by atoms with Gasteiger partial charge >= 0.3 is 0 Å². The molecule has 2 fully saturated rings. The highest BCUT2D eigenvalue weighted by Crippen LogP contribution is 2.31. The Morgan fingerprint density at radius 2 is 1.71 bits per heavy atom. The van der Waals surface area contributed by atoms with Gasteiger partial charge in [-0.1, -0.05) is 39.5 Å². The average Bonchev–Trinajstić information content (AvgIpc) is 2.75. The molecule has 2 nitrogen and oxygen atoms in total. The van der Waals surface area contributed by atoms with E-state index in [0.29, 0.717) is 0 Å². The van der Waals surface area contributed by atoms with Crippen LogP contribution < -0.4 is 5.32 Å². The van der Waals surface area contributed by atoms with Gasteiger partial charge in [0.15, 0.2) is 0 Å². The molecule has 0 heterocycles. The Hall–Kier alpha value is -0.0800. The van der Waals surface area contributed by atoms with Crippen LogP contribution in [0, 0.1) is 11.8 Å². The van der Waals surface area contributed by atoms with Crippen molar-refractivity contribution in [1.29, 1.82) is 0 Å². The first kappa shape index (κ1) is 17.3. The topological polar surface area (TPSA) is 15.3 Å². The van der Waals surface area contributed by atoms with Crippen molar-refractivity contribution in [2.24, 2.45) is 11.8 Å². The first-order valence-electron chi connectivity index (χ1n) is 9.64. The minimum atomic E-state index is 0.773. The van der Waals surface area contributed by atoms with Crippen molar-refractivity contribution in [3.63, 3.8) is 0 Å². The van der Waals surface area contributed by atoms with Crippen molar-refractivity contribution in [3.05, 3.63) is 0 Å². The summed E-state index contributed by atoms with van der Waals surface area (Å²) in [5.41, 5.74) is 0. The number of hydrogen-bond acceptors (Lipinski definition) is 2. The van der Waals surface area contributed by atoms with E-state index in [0.717, 1.165) is 23.9 Å². The molecule has 1 N–H and O–H groups in total. The van der Waals surface area contributed by atoms with Gasteiger partial charge in [-0.15, -0.1) is 0 Å². The van der Waals surface area contributed by atoms with Crippen molar-refractivity contribution in [1.82, 2.24) is 10.2 Å². The normalized spacial score (nSPS) is 32.3. The molecule has 2 heteroatoms. The third kappa shape index (κ3) is 5.56. The summed E-state index contributed by atoms with van der Waals surface area (Å²) in [7, 11) is 2.39. The molecular formula is C19H38N2. The van der Waals surface area contributed by atoms with Crippen LogP contribution in [0.25, 0.3) is 0 Å². The SMILES string of the molecule is CCCNC1CCC(C)CC1CN(C)C1CCCCCC1. The monoisotopic (exact) mass is 294 g/mol. The Balaban J connectivity index is 1.86. The third-order valence-electron chi connectivity index (χ3n) is 5.87. The molecule has 3 unspecified atom stereocenters. The molecule has 0 aromatic carbocycles. The third-order valence-corrected chi connectivity index (χ3v) is 5.87. The smallest absolute Gasteiger partial charge is 0.0108 e. The van der Waals surface area contributed by atoms with Gasteiger partial charge in [0.05, 0.1) is 0 Å². The van der Waals surface area contributed by atoms with E-state index in [2.05, 4.69) is 31.1 Å². The van der Waals surface area contributed by atoms with Crippen LogP contribution in [-0.2, 0) is 0 Å². The van der Waals surface area contributed by atoms with Gasteiger partial charge < -0.3 is 10.2 Å². The second-order valence-electron chi connectivity index (χ2n) is 7.82. The molecule has 2 saturated carbocycles. The Bertz CT molecular complexity index is 269. The molecule has 0 aromatic rings. The van der Waals surface area contributed by atoms with E-state index in [-0.39, 0.29) is 0 Å². The van der Waals surface area contributed by atoms with E-state index in [4.69, 9.17) is 0 Å². The zero-order valence-corrected chi connectivity index (χ0v) is 14.7. The first-order chi connectivity index (χ1) is 10.2. The average molecular weight is 295 g/mol. The Labute approximate surface area is 133 Å². The molecule has 0 amide bonds. The van der Waals surface area contributed by atoms with Crippen molar-refractivity contribution < 1.29 is 0 Å². The zero-order valence-electron chi connectivity index (χ0n) is 14.7. The summed E-state index contributed by atoms with van der Waals surface area (Å²) in [6.07, 6.45) is 14.2. The molecule has 3 atom stereocenters. The molecule has 124 valence electrons. The second kappa shape index (κ2) is 9.15. The van der Waals surface area contributed by atoms with E-state index >= 15 is 0 Å². The van der Waals surface area contributed by atoms with Crippen molar-refractivity contribution >= 4 is 0 Å². The summed E-state index contributed by atoms with van der Waals surface area (Å²) in [4.78, 5) is 2.72. The fourth-order valence-corrected chi connectivity index (χ4v) is 4.52. The first-order valence-corrected chi connectivity index (χ1v) is 9.64. The van der Waals surface area contributed by atoms with E-state index in [1.165, 1.54) is 77.3 Å². The lowest BCUT2D eigenvalue weighted by molar-refractivity contribution is 0.127. The van der Waals surface area contributed by atoms with Crippen LogP contribution in [0.2, 0.25) is 0 Å². The summed E-state index contributed by atoms with van der Waals surface area (Å²) in [6, 6.07) is 1.63. The lowest BCUT2D eigenvalue weighted by Gasteiger charge is -2.39. The van der Waals surface area contributed by atoms with Crippen LogP contribution in [0.5, 0.6) is 0 Å². The minimum absolute atomic E-state index is 0.773. The number of rotatable bonds is 6. The summed E-state index contributed by atoms with van der Waals surface area (Å²) in [6.45, 7) is 7.25. The summed E-state index contributed by atoms with van der Waals surface area (Å²) < 4.78 is 0. The van der Waals surface area contributed by atoms with Gasteiger partial charge in [-0.3, -0.25) is 0 Å². The molecule has 21 heavy (non-hydrogen) atoms. The van der Waals surface area contributed by atoms with Gasteiger partial charge in [-0.05, 0) is 64.0 Å². The number of nitrogens with one attached hydrogen (secondary N) is 1. The van der Waals surface area contributed by atoms with Crippen LogP contribution in [0.15, 0.2) is 0 Å². The standard InChI is InChI=1S/C19H38N2/c1-4-13-20-19-12-11-16(2)14-17(19)15-21(3)18-9-7-5-6-8-10-18/h16-20H,4-15H2,1-3H3. The molecule has 0 radical (unpaired) electrons. The molecular weight excluding hydrogens is 256 g/mol. The molecule has 0 saturated heterocycles. The second-order valence-corrected chi connectivity index (χ2v) is 7.82. The van der Waals surface area contributed by atoms with Gasteiger partial charge in [0.1, 0.15) is 0 Å². The lowest BCUT2D eigenvalue weighted by atomic mass is 9.78. The van der Waals surface area contributed by atoms with Gasteiger partial charge in [0.2, 0.25) is 0 Å². The zero-order chi connectivity index (χ0) is 15.1. The van der Waals surface area contributed by atoms with E-state index in [9.17, 15) is 0 Å². The maximum Gasteiger partial charge on any atom is 0.0108 e. The fraction of sp³-hybridized carbons (Fsp3) is 1.00. The van der Waals surface area contributed by atoms with Gasteiger partial charge in [0, 0.05) is 18.6 Å². The van der Waals surface area contributed by atoms with Crippen molar-refractivity contribution in [3.8, 4) is 0 Å². The molecule has 0 aromatic heterocycles. The molecule has 0 bridgehead atoms. The fourth-order valence-electron chi connectivity index (χ4n) is 4.52. The van der Waals surface area contributed by atoms with E-state index < -0.39 is 0 Å². The molecule has 2 rings (SSSR count). The highest BCUT2D eigenvalue weighted by Gasteiger charge is 2.30. The van der Waals surface area contributed by atoms with E-state index in [1.807, 2.05) is 0 Å². The van der Waals surface area contributed by atoms with Gasteiger partial charge in [-0.25, -0.2) is 0 Å². The highest BCUT2D eigenvalue weighted by atomic mass is 15.1. The Kier molecular flexibility index (Phi) is 7.53. The minimum Gasteiger partial charge on any atom is -0.314 e. The number of hydrogen-bond donors (Lipinski definition) is 1. The molecule has 0 spiro atoms. The quantitative estimate of drug-likeness (QED) is 0.728. The number of nitrogens with zero attached hydrogens (tertiary/aromatic N) is 1. The van der Waals surface area contributed by atoms with Crippen molar-refractivity contribution in [2.75, 3.05) is 20.1 Å². The van der Waals surface area contributed by atoms with E-state index in [1.54, 1.807) is 0 Å². The highest BCUT2D eigenvalue weighted by molar-refractivity contribution is 4.86. The van der Waals surface area contributed by atoms with Crippen LogP contribution in [-0.4, -0.2) is 37.1 Å². The summed E-state index contributed by atoms with van der Waals surface area (Å²) in [5.74, 6) is 1.80. The predicted octanol–water partition coefficient (Wildman–Crippen LogP) is 4.45. The molecule has 2 aliphatic rings. The summed E-state index contributed by atoms with van der Waals surface area (Å²) in [5, 5.41) is 3.84. The lowest BCUT2D eigenvalue weighted by Crippen LogP contribution is -2.47. The van der Waals surface area contributed by atoms with Crippen molar-refractivity contribution in [2.45, 2.75) is 90.1 Å². The van der Waals surface area contributed by atoms with Gasteiger partial charge in [0.25, 0.3) is 0 Å². The summed E-state index contributed by atoms with van der Waals surface area (Å²) >= 11 is 0. The maximum atomic E-state index is 3.84. The maximum absolute atomic E-state index is 3.84. The predicted molar refractivity (Wildman–Crippen MR) is 92.7 cm³/mol. The Morgan fingerprint density at radius 1 is 1.00 bits per heavy atom. The van der Waals surface area contributed by atoms with Crippen LogP contribution in [0.4, 0.5) is 0 Å². The molecule has 0 aliphatic heterocycles. The van der Waals surface area contributed by atoms with Crippen LogP contribution >= 0.6 is 0 Å². The van der Waals surface area contributed by atoms with Gasteiger partial charge in [-0.2, -0.15) is 0 Å².